The van der Waals surface area contributed by atoms with Crippen LogP contribution in [0.15, 0.2) is 17.3 Å². The Morgan fingerprint density at radius 3 is 2.69 bits per heavy atom. The fourth-order valence-electron chi connectivity index (χ4n) is 1.02. The number of sulfonamides is 1. The first kappa shape index (κ1) is 12.7. The molecule has 0 bridgehead atoms. The zero-order chi connectivity index (χ0) is 12.3. The van der Waals surface area contributed by atoms with Crippen molar-refractivity contribution in [2.75, 3.05) is 14.1 Å². The van der Waals surface area contributed by atoms with Gasteiger partial charge in [-0.1, -0.05) is 0 Å². The average Bonchev–Trinajstić information content (AvgIpc) is 2.63. The molecule has 0 fully saturated rings. The van der Waals surface area contributed by atoms with Gasteiger partial charge in [0.1, 0.15) is 4.90 Å². The van der Waals surface area contributed by atoms with E-state index in [9.17, 15) is 13.2 Å². The smallest absolute Gasteiger partial charge is 0.305 e. The molecule has 16 heavy (non-hydrogen) atoms. The van der Waals surface area contributed by atoms with Crippen LogP contribution in [0.1, 0.15) is 6.42 Å². The summed E-state index contributed by atoms with van der Waals surface area (Å²) in [5.41, 5.74) is 0. The second-order valence-electron chi connectivity index (χ2n) is 3.37. The summed E-state index contributed by atoms with van der Waals surface area (Å²) in [5.74, 6) is -0.951. The van der Waals surface area contributed by atoms with Gasteiger partial charge in [-0.3, -0.25) is 9.48 Å². The predicted octanol–water partition coefficient (Wildman–Crippen LogP) is -0.392. The van der Waals surface area contributed by atoms with Crippen molar-refractivity contribution in [2.45, 2.75) is 17.9 Å². The minimum atomic E-state index is -3.49. The van der Waals surface area contributed by atoms with Gasteiger partial charge in [-0.05, 0) is 0 Å². The first-order valence-electron chi connectivity index (χ1n) is 4.51. The number of hydrogen-bond acceptors (Lipinski definition) is 4. The number of rotatable bonds is 5. The van der Waals surface area contributed by atoms with Gasteiger partial charge in [0.05, 0.1) is 19.2 Å². The zero-order valence-corrected chi connectivity index (χ0v) is 9.81. The topological polar surface area (TPSA) is 92.5 Å². The van der Waals surface area contributed by atoms with E-state index in [0.29, 0.717) is 0 Å². The van der Waals surface area contributed by atoms with Gasteiger partial charge in [-0.15, -0.1) is 0 Å². The molecule has 1 N–H and O–H groups in total. The molecule has 1 rings (SSSR count). The zero-order valence-electron chi connectivity index (χ0n) is 8.99. The van der Waals surface area contributed by atoms with Gasteiger partial charge in [-0.2, -0.15) is 5.10 Å². The summed E-state index contributed by atoms with van der Waals surface area (Å²) in [6.45, 7) is 0.151. The molecule has 0 aliphatic carbocycles. The van der Waals surface area contributed by atoms with Crippen LogP contribution in [0.2, 0.25) is 0 Å². The Morgan fingerprint density at radius 1 is 1.56 bits per heavy atom. The fraction of sp³-hybridized carbons (Fsp3) is 0.500. The van der Waals surface area contributed by atoms with Crippen LogP contribution in [-0.4, -0.2) is 47.7 Å². The van der Waals surface area contributed by atoms with E-state index in [2.05, 4.69) is 5.10 Å². The summed E-state index contributed by atoms with van der Waals surface area (Å²) in [4.78, 5) is 10.4. The van der Waals surface area contributed by atoms with E-state index in [1.165, 1.54) is 31.2 Å². The fourth-order valence-corrected chi connectivity index (χ4v) is 1.88. The van der Waals surface area contributed by atoms with Crippen LogP contribution in [0, 0.1) is 0 Å². The van der Waals surface area contributed by atoms with Gasteiger partial charge in [0, 0.05) is 20.3 Å². The Balaban J connectivity index is 2.83. The van der Waals surface area contributed by atoms with Crippen molar-refractivity contribution in [2.24, 2.45) is 0 Å². The molecule has 1 aromatic rings. The summed E-state index contributed by atoms with van der Waals surface area (Å²) in [6, 6.07) is 0. The van der Waals surface area contributed by atoms with Crippen molar-refractivity contribution >= 4 is 16.0 Å². The lowest BCUT2D eigenvalue weighted by atomic mass is 10.4. The Bertz CT molecular complexity index is 477. The van der Waals surface area contributed by atoms with Crippen LogP contribution in [0.4, 0.5) is 0 Å². The lowest BCUT2D eigenvalue weighted by Gasteiger charge is -2.08. The molecule has 0 radical (unpaired) electrons. The Morgan fingerprint density at radius 2 is 2.19 bits per heavy atom. The van der Waals surface area contributed by atoms with Gasteiger partial charge in [0.15, 0.2) is 0 Å². The predicted molar refractivity (Wildman–Crippen MR) is 55.4 cm³/mol. The monoisotopic (exact) mass is 247 g/mol. The van der Waals surface area contributed by atoms with Crippen LogP contribution in [0.25, 0.3) is 0 Å². The minimum Gasteiger partial charge on any atom is -0.481 e. The Kier molecular flexibility index (Phi) is 3.66. The summed E-state index contributed by atoms with van der Waals surface area (Å²) in [6.07, 6.45) is 2.43. The molecule has 1 heterocycles. The molecule has 0 amide bonds. The molecule has 0 unspecified atom stereocenters. The number of aryl methyl sites for hydroxylation is 1. The molecule has 0 saturated carbocycles. The van der Waals surface area contributed by atoms with Crippen molar-refractivity contribution in [1.29, 1.82) is 0 Å². The number of carboxylic acids is 1. The normalized spacial score (nSPS) is 11.9. The number of aliphatic carboxylic acids is 1. The highest BCUT2D eigenvalue weighted by atomic mass is 32.2. The molecule has 0 aliphatic heterocycles. The first-order valence-corrected chi connectivity index (χ1v) is 5.95. The van der Waals surface area contributed by atoms with Gasteiger partial charge in [0.25, 0.3) is 0 Å². The van der Waals surface area contributed by atoms with Crippen LogP contribution in [-0.2, 0) is 21.4 Å². The maximum atomic E-state index is 11.6. The van der Waals surface area contributed by atoms with Gasteiger partial charge in [-0.25, -0.2) is 12.7 Å². The third-order valence-electron chi connectivity index (χ3n) is 1.94. The minimum absolute atomic E-state index is 0.0582. The summed E-state index contributed by atoms with van der Waals surface area (Å²) in [5, 5.41) is 12.2. The number of carboxylic acid groups (broad SMARTS) is 1. The highest BCUT2D eigenvalue weighted by Gasteiger charge is 2.19. The molecular weight excluding hydrogens is 234 g/mol. The third-order valence-corrected chi connectivity index (χ3v) is 3.71. The van der Waals surface area contributed by atoms with Gasteiger partial charge < -0.3 is 5.11 Å². The van der Waals surface area contributed by atoms with Crippen molar-refractivity contribution in [3.63, 3.8) is 0 Å². The van der Waals surface area contributed by atoms with E-state index in [4.69, 9.17) is 5.11 Å². The van der Waals surface area contributed by atoms with Crippen molar-refractivity contribution in [1.82, 2.24) is 14.1 Å². The van der Waals surface area contributed by atoms with Crippen molar-refractivity contribution in [3.05, 3.63) is 12.4 Å². The van der Waals surface area contributed by atoms with Crippen LogP contribution in [0.5, 0.6) is 0 Å². The van der Waals surface area contributed by atoms with Crippen LogP contribution >= 0.6 is 0 Å². The van der Waals surface area contributed by atoms with Crippen LogP contribution < -0.4 is 0 Å². The quantitative estimate of drug-likeness (QED) is 0.764. The average molecular weight is 247 g/mol. The molecule has 90 valence electrons. The Labute approximate surface area is 93.3 Å². The second-order valence-corrected chi connectivity index (χ2v) is 5.52. The number of aromatic nitrogens is 2. The van der Waals surface area contributed by atoms with Crippen molar-refractivity contribution < 1.29 is 18.3 Å². The molecule has 8 heteroatoms. The van der Waals surface area contributed by atoms with Crippen LogP contribution in [0.3, 0.4) is 0 Å². The number of nitrogens with zero attached hydrogens (tertiary/aromatic N) is 3. The maximum Gasteiger partial charge on any atom is 0.305 e. The van der Waals surface area contributed by atoms with E-state index >= 15 is 0 Å². The molecule has 0 saturated heterocycles. The standard InChI is InChI=1S/C8H13N3O4S/c1-10(2)16(14,15)7-5-9-11(6-7)4-3-8(12)13/h5-6H,3-4H2,1-2H3,(H,12,13). The SMILES string of the molecule is CN(C)S(=O)(=O)c1cnn(CCC(=O)O)c1. The number of hydrogen-bond donors (Lipinski definition) is 1. The van der Waals surface area contributed by atoms with Gasteiger partial charge in [0.2, 0.25) is 10.0 Å². The molecular formula is C8H13N3O4S. The third kappa shape index (κ3) is 2.80. The molecule has 0 atom stereocenters. The molecule has 0 aromatic carbocycles. The molecule has 0 aliphatic rings. The summed E-state index contributed by atoms with van der Waals surface area (Å²) in [7, 11) is -0.651. The van der Waals surface area contributed by atoms with Gasteiger partial charge >= 0.3 is 5.97 Å². The van der Waals surface area contributed by atoms with Crippen molar-refractivity contribution in [3.8, 4) is 0 Å². The van der Waals surface area contributed by atoms with E-state index in [0.717, 1.165) is 4.31 Å². The van der Waals surface area contributed by atoms with E-state index in [1.54, 1.807) is 0 Å². The van der Waals surface area contributed by atoms with E-state index in [-0.39, 0.29) is 17.9 Å². The van der Waals surface area contributed by atoms with E-state index < -0.39 is 16.0 Å². The lowest BCUT2D eigenvalue weighted by Crippen LogP contribution is -2.21. The second kappa shape index (κ2) is 4.62. The summed E-state index contributed by atoms with van der Waals surface area (Å²) >= 11 is 0. The first-order chi connectivity index (χ1) is 7.34. The Hall–Kier alpha value is -1.41. The lowest BCUT2D eigenvalue weighted by molar-refractivity contribution is -0.137. The maximum absolute atomic E-state index is 11.6. The molecule has 1 aromatic heterocycles. The number of carbonyl (C=O) groups is 1. The van der Waals surface area contributed by atoms with E-state index in [1.807, 2.05) is 0 Å². The molecule has 7 nitrogen and oxygen atoms in total. The highest BCUT2D eigenvalue weighted by Crippen LogP contribution is 2.11. The largest absolute Gasteiger partial charge is 0.481 e. The molecule has 0 spiro atoms. The highest BCUT2D eigenvalue weighted by molar-refractivity contribution is 7.89. The summed E-state index contributed by atoms with van der Waals surface area (Å²) < 4.78 is 25.7.